The molecule has 0 unspecified atom stereocenters. The molecule has 21 heavy (non-hydrogen) atoms. The Morgan fingerprint density at radius 3 is 2.05 bits per heavy atom. The van der Waals surface area contributed by atoms with Crippen molar-refractivity contribution >= 4 is 5.91 Å². The number of carbonyl (C=O) groups is 1. The van der Waals surface area contributed by atoms with Gasteiger partial charge in [0.1, 0.15) is 5.75 Å². The van der Waals surface area contributed by atoms with Crippen molar-refractivity contribution in [1.82, 2.24) is 4.90 Å². The first-order valence-electron chi connectivity index (χ1n) is 7.03. The highest BCUT2D eigenvalue weighted by Crippen LogP contribution is 2.12. The number of amides is 1. The molecular formula is C18H21NO2. The average Bonchev–Trinajstić information content (AvgIpc) is 2.48. The molecule has 0 radical (unpaired) electrons. The third-order valence-corrected chi connectivity index (χ3v) is 3.35. The lowest BCUT2D eigenvalue weighted by Crippen LogP contribution is -2.30. The minimum Gasteiger partial charge on any atom is -0.484 e. The van der Waals surface area contributed by atoms with Crippen molar-refractivity contribution in [2.45, 2.75) is 20.4 Å². The summed E-state index contributed by atoms with van der Waals surface area (Å²) in [6.45, 7) is 4.72. The molecule has 0 aliphatic heterocycles. The zero-order valence-corrected chi connectivity index (χ0v) is 12.8. The van der Waals surface area contributed by atoms with E-state index in [1.54, 1.807) is 11.9 Å². The van der Waals surface area contributed by atoms with Gasteiger partial charge >= 0.3 is 0 Å². The SMILES string of the molecule is Cc1ccc(CN(C)C(=O)COc2ccc(C)cc2)cc1. The van der Waals surface area contributed by atoms with E-state index in [0.29, 0.717) is 6.54 Å². The summed E-state index contributed by atoms with van der Waals surface area (Å²) < 4.78 is 5.51. The monoisotopic (exact) mass is 283 g/mol. The van der Waals surface area contributed by atoms with E-state index in [0.717, 1.165) is 11.3 Å². The molecule has 0 saturated heterocycles. The molecule has 0 spiro atoms. The molecule has 3 nitrogen and oxygen atoms in total. The number of carbonyl (C=O) groups excluding carboxylic acids is 1. The Hall–Kier alpha value is -2.29. The van der Waals surface area contributed by atoms with Crippen molar-refractivity contribution < 1.29 is 9.53 Å². The van der Waals surface area contributed by atoms with Gasteiger partial charge in [-0.1, -0.05) is 47.5 Å². The number of nitrogens with zero attached hydrogens (tertiary/aromatic N) is 1. The van der Waals surface area contributed by atoms with E-state index in [9.17, 15) is 4.79 Å². The smallest absolute Gasteiger partial charge is 0.260 e. The molecule has 0 aliphatic rings. The number of benzene rings is 2. The van der Waals surface area contributed by atoms with Crippen molar-refractivity contribution in [2.24, 2.45) is 0 Å². The predicted molar refractivity (Wildman–Crippen MR) is 84.3 cm³/mol. The van der Waals surface area contributed by atoms with Gasteiger partial charge in [-0.3, -0.25) is 4.79 Å². The van der Waals surface area contributed by atoms with Crippen molar-refractivity contribution in [3.63, 3.8) is 0 Å². The minimum absolute atomic E-state index is 0.0313. The van der Waals surface area contributed by atoms with Crippen LogP contribution in [0.5, 0.6) is 5.75 Å². The number of likely N-dealkylation sites (N-methyl/N-ethyl adjacent to an activating group) is 1. The molecule has 0 fully saturated rings. The van der Waals surface area contributed by atoms with Crippen LogP contribution < -0.4 is 4.74 Å². The van der Waals surface area contributed by atoms with E-state index >= 15 is 0 Å². The largest absolute Gasteiger partial charge is 0.484 e. The maximum Gasteiger partial charge on any atom is 0.260 e. The topological polar surface area (TPSA) is 29.5 Å². The summed E-state index contributed by atoms with van der Waals surface area (Å²) in [5.74, 6) is 0.689. The fourth-order valence-corrected chi connectivity index (χ4v) is 1.95. The van der Waals surface area contributed by atoms with Gasteiger partial charge in [0.2, 0.25) is 0 Å². The maximum atomic E-state index is 12.1. The third-order valence-electron chi connectivity index (χ3n) is 3.35. The zero-order valence-electron chi connectivity index (χ0n) is 12.8. The molecular weight excluding hydrogens is 262 g/mol. The van der Waals surface area contributed by atoms with E-state index < -0.39 is 0 Å². The third kappa shape index (κ3) is 4.63. The fraction of sp³-hybridized carbons (Fsp3) is 0.278. The van der Waals surface area contributed by atoms with Crippen LogP contribution in [0.1, 0.15) is 16.7 Å². The van der Waals surface area contributed by atoms with Gasteiger partial charge in [-0.15, -0.1) is 0 Å². The van der Waals surface area contributed by atoms with Gasteiger partial charge in [0, 0.05) is 13.6 Å². The Morgan fingerprint density at radius 2 is 1.48 bits per heavy atom. The number of rotatable bonds is 5. The lowest BCUT2D eigenvalue weighted by Gasteiger charge is -2.17. The van der Waals surface area contributed by atoms with Gasteiger partial charge in [0.25, 0.3) is 5.91 Å². The minimum atomic E-state index is -0.0313. The van der Waals surface area contributed by atoms with Crippen LogP contribution in [-0.2, 0) is 11.3 Å². The number of hydrogen-bond acceptors (Lipinski definition) is 2. The van der Waals surface area contributed by atoms with Gasteiger partial charge in [0.15, 0.2) is 6.61 Å². The fourth-order valence-electron chi connectivity index (χ4n) is 1.95. The van der Waals surface area contributed by atoms with Crippen LogP contribution in [0.15, 0.2) is 48.5 Å². The molecule has 0 atom stereocenters. The molecule has 0 N–H and O–H groups in total. The quantitative estimate of drug-likeness (QED) is 0.842. The maximum absolute atomic E-state index is 12.1. The molecule has 0 bridgehead atoms. The standard InChI is InChI=1S/C18H21NO2/c1-14-4-8-16(9-5-14)12-19(3)18(20)13-21-17-10-6-15(2)7-11-17/h4-11H,12-13H2,1-3H3. The summed E-state index contributed by atoms with van der Waals surface area (Å²) in [5, 5.41) is 0. The van der Waals surface area contributed by atoms with E-state index in [1.807, 2.05) is 50.2 Å². The van der Waals surface area contributed by atoms with Crippen LogP contribution >= 0.6 is 0 Å². The first-order valence-corrected chi connectivity index (χ1v) is 7.03. The van der Waals surface area contributed by atoms with Crippen molar-refractivity contribution in [1.29, 1.82) is 0 Å². The lowest BCUT2D eigenvalue weighted by molar-refractivity contribution is -0.132. The summed E-state index contributed by atoms with van der Waals surface area (Å²) in [6.07, 6.45) is 0. The Morgan fingerprint density at radius 1 is 0.952 bits per heavy atom. The number of hydrogen-bond donors (Lipinski definition) is 0. The van der Waals surface area contributed by atoms with Gasteiger partial charge in [-0.05, 0) is 31.5 Å². The summed E-state index contributed by atoms with van der Waals surface area (Å²) in [5.41, 5.74) is 3.51. The van der Waals surface area contributed by atoms with Crippen LogP contribution in [0.2, 0.25) is 0 Å². The van der Waals surface area contributed by atoms with E-state index in [1.165, 1.54) is 11.1 Å². The molecule has 110 valence electrons. The molecule has 2 aromatic rings. The number of aryl methyl sites for hydroxylation is 2. The van der Waals surface area contributed by atoms with Crippen molar-refractivity contribution in [2.75, 3.05) is 13.7 Å². The second-order valence-corrected chi connectivity index (χ2v) is 5.34. The van der Waals surface area contributed by atoms with Crippen LogP contribution in [0.3, 0.4) is 0 Å². The Balaban J connectivity index is 1.84. The normalized spacial score (nSPS) is 10.2. The Labute approximate surface area is 126 Å². The summed E-state index contributed by atoms with van der Waals surface area (Å²) in [4.78, 5) is 13.7. The first-order chi connectivity index (χ1) is 10.0. The van der Waals surface area contributed by atoms with Gasteiger partial charge in [0.05, 0.1) is 0 Å². The molecule has 0 heterocycles. The Kier molecular flexibility index (Phi) is 4.99. The van der Waals surface area contributed by atoms with Crippen LogP contribution in [0.25, 0.3) is 0 Å². The second kappa shape index (κ2) is 6.93. The predicted octanol–water partition coefficient (Wildman–Crippen LogP) is 3.34. The van der Waals surface area contributed by atoms with E-state index in [-0.39, 0.29) is 12.5 Å². The van der Waals surface area contributed by atoms with Crippen molar-refractivity contribution in [3.05, 3.63) is 65.2 Å². The van der Waals surface area contributed by atoms with E-state index in [2.05, 4.69) is 12.1 Å². The first kappa shape index (κ1) is 15.1. The number of ether oxygens (including phenoxy) is 1. The zero-order chi connectivity index (χ0) is 15.2. The van der Waals surface area contributed by atoms with Crippen molar-refractivity contribution in [3.8, 4) is 5.75 Å². The highest BCUT2D eigenvalue weighted by molar-refractivity contribution is 5.77. The highest BCUT2D eigenvalue weighted by Gasteiger charge is 2.10. The molecule has 3 heteroatoms. The lowest BCUT2D eigenvalue weighted by atomic mass is 10.1. The molecule has 0 aliphatic carbocycles. The summed E-state index contributed by atoms with van der Waals surface area (Å²) >= 11 is 0. The van der Waals surface area contributed by atoms with Crippen LogP contribution in [0, 0.1) is 13.8 Å². The summed E-state index contributed by atoms with van der Waals surface area (Å²) in [6, 6.07) is 15.9. The van der Waals surface area contributed by atoms with Gasteiger partial charge in [-0.25, -0.2) is 0 Å². The highest BCUT2D eigenvalue weighted by atomic mass is 16.5. The molecule has 1 amide bonds. The second-order valence-electron chi connectivity index (χ2n) is 5.34. The molecule has 0 saturated carbocycles. The Bertz CT molecular complexity index is 588. The summed E-state index contributed by atoms with van der Waals surface area (Å²) in [7, 11) is 1.79. The average molecular weight is 283 g/mol. The van der Waals surface area contributed by atoms with Crippen LogP contribution in [0.4, 0.5) is 0 Å². The molecule has 2 aromatic carbocycles. The van der Waals surface area contributed by atoms with E-state index in [4.69, 9.17) is 4.74 Å². The van der Waals surface area contributed by atoms with Crippen LogP contribution in [-0.4, -0.2) is 24.5 Å². The van der Waals surface area contributed by atoms with Gasteiger partial charge in [-0.2, -0.15) is 0 Å². The van der Waals surface area contributed by atoms with Gasteiger partial charge < -0.3 is 9.64 Å². The molecule has 0 aromatic heterocycles. The molecule has 2 rings (SSSR count).